The van der Waals surface area contributed by atoms with Gasteiger partial charge < -0.3 is 4.57 Å². The zero-order valence-electron chi connectivity index (χ0n) is 10.2. The molecule has 1 fully saturated rings. The van der Waals surface area contributed by atoms with E-state index in [-0.39, 0.29) is 0 Å². The summed E-state index contributed by atoms with van der Waals surface area (Å²) in [5.41, 5.74) is -2.41. The molecule has 1 saturated heterocycles. The minimum atomic E-state index is -2.49. The van der Waals surface area contributed by atoms with Gasteiger partial charge in [0.1, 0.15) is 7.14 Å². The van der Waals surface area contributed by atoms with E-state index < -0.39 is 12.7 Å². The van der Waals surface area contributed by atoms with E-state index >= 15 is 0 Å². The monoisotopic (exact) mass is 318 g/mol. The topological polar surface area (TPSA) is 34.1 Å². The first kappa shape index (κ1) is 14.5. The predicted octanol–water partition coefficient (Wildman–Crippen LogP) is 4.49. The smallest absolute Gasteiger partial charge is 0.215 e. The minimum absolute atomic E-state index is 0.355. The largest absolute Gasteiger partial charge is 0.319 e. The third-order valence-corrected chi connectivity index (χ3v) is 14.6. The number of hydrogen-bond donors (Lipinski definition) is 0. The molecule has 0 N–H and O–H groups in total. The second-order valence-electron chi connectivity index (χ2n) is 4.32. The van der Waals surface area contributed by atoms with Crippen LogP contribution in [0.3, 0.4) is 0 Å². The SMILES string of the molecule is C=C(CP(C)(=O)c1ccccc1)P1(=O)SCCS1. The van der Waals surface area contributed by atoms with Gasteiger partial charge in [0.25, 0.3) is 0 Å². The molecule has 6 heteroatoms. The molecule has 1 aliphatic rings. The first-order chi connectivity index (χ1) is 8.44. The van der Waals surface area contributed by atoms with Gasteiger partial charge in [-0.05, 0) is 6.66 Å². The normalized spacial score (nSPS) is 21.4. The Labute approximate surface area is 116 Å². The van der Waals surface area contributed by atoms with Crippen LogP contribution in [0.5, 0.6) is 0 Å². The maximum Gasteiger partial charge on any atom is 0.215 e. The van der Waals surface area contributed by atoms with E-state index in [2.05, 4.69) is 6.58 Å². The van der Waals surface area contributed by atoms with Crippen molar-refractivity contribution in [2.75, 3.05) is 24.3 Å². The first-order valence-electron chi connectivity index (χ1n) is 5.64. The molecule has 1 aromatic rings. The Morgan fingerprint density at radius 3 is 2.44 bits per heavy atom. The highest BCUT2D eigenvalue weighted by atomic mass is 33.1. The van der Waals surface area contributed by atoms with Crippen LogP contribution in [0.1, 0.15) is 0 Å². The molecule has 1 aromatic carbocycles. The Morgan fingerprint density at radius 1 is 1.33 bits per heavy atom. The molecular formula is C12H16O2P2S2. The van der Waals surface area contributed by atoms with Crippen molar-refractivity contribution in [1.29, 1.82) is 0 Å². The Hall–Kier alpha value is 0.120. The maximum atomic E-state index is 12.7. The van der Waals surface area contributed by atoms with E-state index in [1.54, 1.807) is 6.66 Å². The van der Waals surface area contributed by atoms with Crippen molar-refractivity contribution in [3.8, 4) is 0 Å². The summed E-state index contributed by atoms with van der Waals surface area (Å²) in [4.78, 5) is 0. The quantitative estimate of drug-likeness (QED) is 0.766. The highest BCUT2D eigenvalue weighted by molar-refractivity contribution is 8.93. The van der Waals surface area contributed by atoms with E-state index in [4.69, 9.17) is 0 Å². The molecule has 18 heavy (non-hydrogen) atoms. The van der Waals surface area contributed by atoms with E-state index in [1.807, 2.05) is 30.3 Å². The summed E-state index contributed by atoms with van der Waals surface area (Å²) in [6, 6.07) is 9.42. The van der Waals surface area contributed by atoms with Gasteiger partial charge in [-0.15, -0.1) is 0 Å². The van der Waals surface area contributed by atoms with Crippen molar-refractivity contribution in [3.05, 3.63) is 42.2 Å². The molecule has 1 unspecified atom stereocenters. The summed E-state index contributed by atoms with van der Waals surface area (Å²) in [6.45, 7) is 5.70. The van der Waals surface area contributed by atoms with Crippen molar-refractivity contribution in [3.63, 3.8) is 0 Å². The van der Waals surface area contributed by atoms with Gasteiger partial charge in [-0.2, -0.15) is 0 Å². The number of allylic oxidation sites excluding steroid dienone is 1. The molecular weight excluding hydrogens is 302 g/mol. The molecule has 0 saturated carbocycles. The van der Waals surface area contributed by atoms with Crippen molar-refractivity contribution in [1.82, 2.24) is 0 Å². The molecule has 0 aliphatic carbocycles. The lowest BCUT2D eigenvalue weighted by atomic mass is 10.4. The van der Waals surface area contributed by atoms with E-state index in [0.717, 1.165) is 16.8 Å². The fourth-order valence-corrected chi connectivity index (χ4v) is 13.7. The third kappa shape index (κ3) is 3.17. The molecule has 0 aromatic heterocycles. The highest BCUT2D eigenvalue weighted by Crippen LogP contribution is 2.78. The first-order valence-corrected chi connectivity index (χ1v) is 12.9. The van der Waals surface area contributed by atoms with Crippen LogP contribution >= 0.6 is 35.5 Å². The molecule has 2 nitrogen and oxygen atoms in total. The van der Waals surface area contributed by atoms with Gasteiger partial charge in [0.05, 0.1) is 0 Å². The number of benzene rings is 1. The number of hydrogen-bond acceptors (Lipinski definition) is 4. The van der Waals surface area contributed by atoms with Gasteiger partial charge in [0.2, 0.25) is 5.55 Å². The Morgan fingerprint density at radius 2 is 1.89 bits per heavy atom. The van der Waals surface area contributed by atoms with Crippen LogP contribution in [0.25, 0.3) is 0 Å². The van der Waals surface area contributed by atoms with Crippen LogP contribution in [0, 0.1) is 0 Å². The highest BCUT2D eigenvalue weighted by Gasteiger charge is 2.35. The summed E-state index contributed by atoms with van der Waals surface area (Å²) in [7, 11) is -2.49. The van der Waals surface area contributed by atoms with Crippen LogP contribution in [-0.4, -0.2) is 24.3 Å². The molecule has 1 aliphatic heterocycles. The molecule has 1 heterocycles. The van der Waals surface area contributed by atoms with Gasteiger partial charge in [0, 0.05) is 28.3 Å². The lowest BCUT2D eigenvalue weighted by Gasteiger charge is -2.18. The van der Waals surface area contributed by atoms with Crippen molar-refractivity contribution in [2.24, 2.45) is 0 Å². The molecule has 0 amide bonds. The molecule has 1 atom stereocenters. The van der Waals surface area contributed by atoms with E-state index in [9.17, 15) is 9.13 Å². The third-order valence-electron chi connectivity index (χ3n) is 2.78. The van der Waals surface area contributed by atoms with Crippen LogP contribution in [0.15, 0.2) is 42.2 Å². The van der Waals surface area contributed by atoms with Crippen LogP contribution in [0.2, 0.25) is 0 Å². The molecule has 0 bridgehead atoms. The van der Waals surface area contributed by atoms with Crippen LogP contribution < -0.4 is 5.30 Å². The van der Waals surface area contributed by atoms with Gasteiger partial charge in [0.15, 0.2) is 0 Å². The average Bonchev–Trinajstić information content (AvgIpc) is 2.78. The maximum absolute atomic E-state index is 12.7. The van der Waals surface area contributed by atoms with Crippen molar-refractivity contribution in [2.45, 2.75) is 0 Å². The summed E-state index contributed by atoms with van der Waals surface area (Å²) >= 11 is 2.97. The van der Waals surface area contributed by atoms with E-state index in [1.165, 1.54) is 22.8 Å². The van der Waals surface area contributed by atoms with Crippen LogP contribution in [0.4, 0.5) is 0 Å². The summed E-state index contributed by atoms with van der Waals surface area (Å²) < 4.78 is 25.3. The Kier molecular flexibility index (Phi) is 4.54. The zero-order valence-corrected chi connectivity index (χ0v) is 13.7. The lowest BCUT2D eigenvalue weighted by molar-refractivity contribution is 0.585. The van der Waals surface area contributed by atoms with Crippen molar-refractivity contribution >= 4 is 40.8 Å². The minimum Gasteiger partial charge on any atom is -0.319 e. The molecule has 98 valence electrons. The van der Waals surface area contributed by atoms with Gasteiger partial charge in [-0.3, -0.25) is 4.57 Å². The Balaban J connectivity index is 2.16. The van der Waals surface area contributed by atoms with E-state index in [0.29, 0.717) is 11.5 Å². The second kappa shape index (κ2) is 5.63. The zero-order chi connectivity index (χ0) is 13.2. The van der Waals surface area contributed by atoms with Gasteiger partial charge in [-0.25, -0.2) is 0 Å². The standard InChI is InChI=1S/C12H16O2P2S2/c1-11(16(14)17-8-9-18-16)10-15(2,13)12-6-4-3-5-7-12/h3-7H,1,8-10H2,2H3. The van der Waals surface area contributed by atoms with Crippen molar-refractivity contribution < 1.29 is 9.13 Å². The lowest BCUT2D eigenvalue weighted by Crippen LogP contribution is -2.06. The summed E-state index contributed by atoms with van der Waals surface area (Å²) in [6.07, 6.45) is 0.355. The fourth-order valence-electron chi connectivity index (χ4n) is 1.80. The molecule has 2 rings (SSSR count). The second-order valence-corrected chi connectivity index (χ2v) is 15.6. The predicted molar refractivity (Wildman–Crippen MR) is 86.1 cm³/mol. The Bertz CT molecular complexity index is 532. The molecule has 0 spiro atoms. The summed E-state index contributed by atoms with van der Waals surface area (Å²) in [5, 5.41) is 1.51. The fraction of sp³-hybridized carbons (Fsp3) is 0.333. The average molecular weight is 318 g/mol. The van der Waals surface area contributed by atoms with Gasteiger partial charge >= 0.3 is 0 Å². The number of rotatable bonds is 4. The molecule has 0 radical (unpaired) electrons. The summed E-state index contributed by atoms with van der Waals surface area (Å²) in [5.74, 6) is 1.81. The van der Waals surface area contributed by atoms with Crippen LogP contribution in [-0.2, 0) is 9.13 Å². The van der Waals surface area contributed by atoms with Gasteiger partial charge in [-0.1, -0.05) is 59.7 Å².